The van der Waals surface area contributed by atoms with Crippen LogP contribution in [0.25, 0.3) is 10.9 Å². The van der Waals surface area contributed by atoms with E-state index in [0.717, 1.165) is 5.56 Å². The van der Waals surface area contributed by atoms with E-state index in [9.17, 15) is 9.59 Å². The average Bonchev–Trinajstić information content (AvgIpc) is 2.70. The molecule has 2 aromatic carbocycles. The Bertz CT molecular complexity index is 1060. The Kier molecular flexibility index (Phi) is 6.01. The highest BCUT2D eigenvalue weighted by molar-refractivity contribution is 5.80. The lowest BCUT2D eigenvalue weighted by Crippen LogP contribution is -2.34. The van der Waals surface area contributed by atoms with Crippen LogP contribution in [0.4, 0.5) is 5.95 Å². The third-order valence-electron chi connectivity index (χ3n) is 4.95. The van der Waals surface area contributed by atoms with Gasteiger partial charge in [-0.15, -0.1) is 0 Å². The Morgan fingerprint density at radius 3 is 2.41 bits per heavy atom. The number of para-hydroxylation sites is 1. The first-order valence-corrected chi connectivity index (χ1v) is 9.93. The molecular weight excluding hydrogens is 364 g/mol. The summed E-state index contributed by atoms with van der Waals surface area (Å²) >= 11 is 0. The van der Waals surface area contributed by atoms with Crippen molar-refractivity contribution in [3.05, 3.63) is 70.0 Å². The van der Waals surface area contributed by atoms with Crippen LogP contribution < -0.4 is 16.4 Å². The summed E-state index contributed by atoms with van der Waals surface area (Å²) in [5, 5.41) is 0.560. The second kappa shape index (κ2) is 8.47. The van der Waals surface area contributed by atoms with Gasteiger partial charge in [-0.05, 0) is 42.0 Å². The van der Waals surface area contributed by atoms with Gasteiger partial charge in [-0.3, -0.25) is 25.0 Å². The highest BCUT2D eigenvalue weighted by atomic mass is 16.2. The average molecular weight is 393 g/mol. The zero-order valence-electron chi connectivity index (χ0n) is 17.5. The zero-order valence-corrected chi connectivity index (χ0v) is 17.5. The number of hydrazine groups is 1. The summed E-state index contributed by atoms with van der Waals surface area (Å²) < 4.78 is 1.51. The van der Waals surface area contributed by atoms with Crippen molar-refractivity contribution in [1.82, 2.24) is 15.0 Å². The summed E-state index contributed by atoms with van der Waals surface area (Å²) in [5.41, 5.74) is 8.44. The number of carbonyl (C=O) groups excluding carboxylic acids is 1. The van der Waals surface area contributed by atoms with Crippen molar-refractivity contribution in [2.75, 3.05) is 5.43 Å². The van der Waals surface area contributed by atoms with Crippen molar-refractivity contribution in [3.8, 4) is 0 Å². The smallest absolute Gasteiger partial charge is 0.262 e. The molecule has 3 aromatic rings. The lowest BCUT2D eigenvalue weighted by molar-refractivity contribution is -0.120. The molecule has 6 heteroatoms. The Morgan fingerprint density at radius 2 is 1.76 bits per heavy atom. The molecule has 0 spiro atoms. The van der Waals surface area contributed by atoms with Gasteiger partial charge >= 0.3 is 0 Å². The van der Waals surface area contributed by atoms with Gasteiger partial charge < -0.3 is 0 Å². The van der Waals surface area contributed by atoms with Gasteiger partial charge in [0.25, 0.3) is 5.56 Å². The van der Waals surface area contributed by atoms with E-state index >= 15 is 0 Å². The second-order valence-electron chi connectivity index (χ2n) is 8.12. The molecule has 0 saturated carbocycles. The predicted octanol–water partition coefficient (Wildman–Crippen LogP) is 3.79. The first-order valence-electron chi connectivity index (χ1n) is 9.93. The molecule has 1 aromatic heterocycles. The second-order valence-corrected chi connectivity index (χ2v) is 8.12. The van der Waals surface area contributed by atoms with Crippen molar-refractivity contribution in [3.63, 3.8) is 0 Å². The monoisotopic (exact) mass is 392 g/mol. The van der Waals surface area contributed by atoms with Gasteiger partial charge in [-0.1, -0.05) is 57.2 Å². The van der Waals surface area contributed by atoms with Crippen LogP contribution in [0.1, 0.15) is 45.2 Å². The molecule has 0 saturated heterocycles. The number of hydrogen-bond donors (Lipinski definition) is 2. The topological polar surface area (TPSA) is 76.0 Å². The van der Waals surface area contributed by atoms with Gasteiger partial charge in [0.2, 0.25) is 11.9 Å². The summed E-state index contributed by atoms with van der Waals surface area (Å²) in [4.78, 5) is 29.3. The fourth-order valence-electron chi connectivity index (χ4n) is 3.17. The molecule has 1 heterocycles. The van der Waals surface area contributed by atoms with Gasteiger partial charge in [0.1, 0.15) is 0 Å². The fraction of sp³-hybridized carbons (Fsp3) is 0.348. The largest absolute Gasteiger partial charge is 0.277 e. The molecule has 1 amide bonds. The standard InChI is InChI=1S/C23H28N4O2/c1-5-27-21(29)18-8-6-7-9-19(18)24-22(27)26-25-20(28)15-12-16-10-13-17(14-11-16)23(2,3)4/h6-11,13-14H,5,12,15H2,1-4H3,(H,24,26)(H,25,28). The first-order chi connectivity index (χ1) is 13.8. The molecule has 2 N–H and O–H groups in total. The van der Waals surface area contributed by atoms with Crippen LogP contribution in [0.5, 0.6) is 0 Å². The molecule has 0 aliphatic heterocycles. The minimum absolute atomic E-state index is 0.113. The van der Waals surface area contributed by atoms with E-state index in [4.69, 9.17) is 0 Å². The lowest BCUT2D eigenvalue weighted by Gasteiger charge is -2.19. The van der Waals surface area contributed by atoms with Crippen molar-refractivity contribution < 1.29 is 4.79 Å². The van der Waals surface area contributed by atoms with Crippen LogP contribution in [0.2, 0.25) is 0 Å². The summed E-state index contributed by atoms with van der Waals surface area (Å²) in [6, 6.07) is 15.6. The molecular formula is C23H28N4O2. The maximum Gasteiger partial charge on any atom is 0.262 e. The molecule has 29 heavy (non-hydrogen) atoms. The molecule has 3 rings (SSSR count). The number of nitrogens with zero attached hydrogens (tertiary/aromatic N) is 2. The Balaban J connectivity index is 1.63. The van der Waals surface area contributed by atoms with Crippen LogP contribution in [-0.2, 0) is 23.2 Å². The molecule has 0 fully saturated rings. The van der Waals surface area contributed by atoms with Crippen LogP contribution in [-0.4, -0.2) is 15.5 Å². The maximum atomic E-state index is 12.6. The Morgan fingerprint density at radius 1 is 1.07 bits per heavy atom. The number of carbonyl (C=O) groups is 1. The van der Waals surface area contributed by atoms with E-state index in [1.54, 1.807) is 12.1 Å². The highest BCUT2D eigenvalue weighted by Gasteiger charge is 2.13. The molecule has 0 aliphatic rings. The number of rotatable bonds is 6. The van der Waals surface area contributed by atoms with E-state index in [-0.39, 0.29) is 16.9 Å². The number of fused-ring (bicyclic) bond motifs is 1. The van der Waals surface area contributed by atoms with Crippen molar-refractivity contribution in [2.45, 2.75) is 52.5 Å². The molecule has 0 aliphatic carbocycles. The molecule has 0 bridgehead atoms. The maximum absolute atomic E-state index is 12.6. The van der Waals surface area contributed by atoms with Gasteiger partial charge in [0.15, 0.2) is 0 Å². The number of amides is 1. The first kappa shape index (κ1) is 20.6. The van der Waals surface area contributed by atoms with Gasteiger partial charge in [-0.25, -0.2) is 4.98 Å². The van der Waals surface area contributed by atoms with E-state index < -0.39 is 0 Å². The minimum atomic E-state index is -0.157. The van der Waals surface area contributed by atoms with Crippen LogP contribution in [0.3, 0.4) is 0 Å². The summed E-state index contributed by atoms with van der Waals surface area (Å²) in [5.74, 6) is 0.175. The molecule has 0 radical (unpaired) electrons. The number of nitrogens with one attached hydrogen (secondary N) is 2. The van der Waals surface area contributed by atoms with Crippen LogP contribution in [0.15, 0.2) is 53.3 Å². The highest BCUT2D eigenvalue weighted by Crippen LogP contribution is 2.22. The molecule has 0 unspecified atom stereocenters. The number of benzene rings is 2. The van der Waals surface area contributed by atoms with E-state index in [2.05, 4.69) is 60.9 Å². The quantitative estimate of drug-likeness (QED) is 0.626. The van der Waals surface area contributed by atoms with Gasteiger partial charge in [-0.2, -0.15) is 0 Å². The van der Waals surface area contributed by atoms with E-state index in [0.29, 0.717) is 36.2 Å². The van der Waals surface area contributed by atoms with Crippen LogP contribution in [0, 0.1) is 0 Å². The van der Waals surface area contributed by atoms with Gasteiger partial charge in [0.05, 0.1) is 10.9 Å². The van der Waals surface area contributed by atoms with Gasteiger partial charge in [0, 0.05) is 13.0 Å². The lowest BCUT2D eigenvalue weighted by atomic mass is 9.86. The van der Waals surface area contributed by atoms with Crippen molar-refractivity contribution >= 4 is 22.8 Å². The number of anilines is 1. The number of hydrogen-bond acceptors (Lipinski definition) is 4. The number of aryl methyl sites for hydroxylation is 1. The molecule has 152 valence electrons. The SMILES string of the molecule is CCn1c(NNC(=O)CCc2ccc(C(C)(C)C)cc2)nc2ccccc2c1=O. The number of aromatic nitrogens is 2. The summed E-state index contributed by atoms with van der Waals surface area (Å²) in [6.07, 6.45) is 0.982. The third-order valence-corrected chi connectivity index (χ3v) is 4.95. The summed E-state index contributed by atoms with van der Waals surface area (Å²) in [6.45, 7) is 8.86. The van der Waals surface area contributed by atoms with Crippen molar-refractivity contribution in [1.29, 1.82) is 0 Å². The Hall–Kier alpha value is -3.15. The summed E-state index contributed by atoms with van der Waals surface area (Å²) in [7, 11) is 0. The van der Waals surface area contributed by atoms with E-state index in [1.807, 2.05) is 19.1 Å². The zero-order chi connectivity index (χ0) is 21.0. The van der Waals surface area contributed by atoms with Crippen LogP contribution >= 0.6 is 0 Å². The third kappa shape index (κ3) is 4.83. The molecule has 0 atom stereocenters. The molecule has 6 nitrogen and oxygen atoms in total. The fourth-order valence-corrected chi connectivity index (χ4v) is 3.17. The normalized spacial score (nSPS) is 11.4. The predicted molar refractivity (Wildman–Crippen MR) is 117 cm³/mol. The van der Waals surface area contributed by atoms with Crippen molar-refractivity contribution in [2.24, 2.45) is 0 Å². The Labute approximate surface area is 170 Å². The van der Waals surface area contributed by atoms with E-state index in [1.165, 1.54) is 10.1 Å². The minimum Gasteiger partial charge on any atom is -0.277 e.